The summed E-state index contributed by atoms with van der Waals surface area (Å²) in [5.74, 6) is 0. The third-order valence-corrected chi connectivity index (χ3v) is 5.32. The summed E-state index contributed by atoms with van der Waals surface area (Å²) in [7, 11) is 0. The van der Waals surface area contributed by atoms with Crippen molar-refractivity contribution >= 4 is 69.6 Å². The molecule has 0 radical (unpaired) electrons. The lowest BCUT2D eigenvalue weighted by Crippen LogP contribution is -1.95. The van der Waals surface area contributed by atoms with Crippen molar-refractivity contribution in [3.05, 3.63) is 72.1 Å². The predicted molar refractivity (Wildman–Crippen MR) is 114 cm³/mol. The molecule has 0 fully saturated rings. The molecule has 8 heteroatoms. The van der Waals surface area contributed by atoms with E-state index in [0.717, 1.165) is 0 Å². The first-order chi connectivity index (χ1) is 12.8. The topological polar surface area (TPSA) is 36.7 Å². The summed E-state index contributed by atoms with van der Waals surface area (Å²) in [4.78, 5) is 4.63. The Morgan fingerprint density at radius 3 is 1.37 bits per heavy atom. The predicted octanol–water partition coefficient (Wildman–Crippen LogP) is 8.40. The molecule has 2 nitrogen and oxygen atoms in total. The third kappa shape index (κ3) is 4.46. The molecular formula is C19H8Cl6N2. The molecule has 0 aliphatic carbocycles. The number of aromatic nitrogens is 1. The third-order valence-electron chi connectivity index (χ3n) is 3.69. The van der Waals surface area contributed by atoms with E-state index in [9.17, 15) is 0 Å². The van der Waals surface area contributed by atoms with Gasteiger partial charge in [0, 0.05) is 21.2 Å². The van der Waals surface area contributed by atoms with Gasteiger partial charge in [-0.2, -0.15) is 5.26 Å². The monoisotopic (exact) mass is 474 g/mol. The highest BCUT2D eigenvalue weighted by atomic mass is 35.5. The second kappa shape index (κ2) is 8.45. The van der Waals surface area contributed by atoms with Crippen molar-refractivity contribution in [1.29, 1.82) is 5.26 Å². The van der Waals surface area contributed by atoms with E-state index in [1.165, 1.54) is 0 Å². The van der Waals surface area contributed by atoms with E-state index in [-0.39, 0.29) is 6.42 Å². The molecule has 0 amide bonds. The Bertz CT molecular complexity index is 966. The van der Waals surface area contributed by atoms with Gasteiger partial charge >= 0.3 is 0 Å². The summed E-state index contributed by atoms with van der Waals surface area (Å²) < 4.78 is 0. The van der Waals surface area contributed by atoms with Crippen LogP contribution in [0.1, 0.15) is 5.56 Å². The zero-order valence-corrected chi connectivity index (χ0v) is 17.9. The zero-order valence-electron chi connectivity index (χ0n) is 13.3. The van der Waals surface area contributed by atoms with Crippen molar-refractivity contribution < 1.29 is 0 Å². The first kappa shape index (κ1) is 20.6. The summed E-state index contributed by atoms with van der Waals surface area (Å²) in [6, 6.07) is 11.9. The van der Waals surface area contributed by atoms with Gasteiger partial charge in [-0.1, -0.05) is 69.6 Å². The van der Waals surface area contributed by atoms with Crippen molar-refractivity contribution in [3.8, 4) is 28.6 Å². The highest BCUT2D eigenvalue weighted by Gasteiger charge is 2.17. The van der Waals surface area contributed by atoms with Crippen LogP contribution in [-0.2, 0) is 6.42 Å². The van der Waals surface area contributed by atoms with E-state index < -0.39 is 0 Å². The fourth-order valence-corrected chi connectivity index (χ4v) is 4.63. The molecule has 3 rings (SSSR count). The van der Waals surface area contributed by atoms with Gasteiger partial charge in [0.2, 0.25) is 0 Å². The second-order valence-electron chi connectivity index (χ2n) is 5.57. The van der Waals surface area contributed by atoms with Crippen LogP contribution < -0.4 is 0 Å². The minimum atomic E-state index is 0.161. The maximum atomic E-state index is 9.12. The molecule has 0 spiro atoms. The SMILES string of the molecule is N#CCc1cc(-c2c(Cl)cc(Cl)cc2Cl)nc(-c2c(Cl)cc(Cl)cc2Cl)c1. The van der Waals surface area contributed by atoms with Crippen LogP contribution >= 0.6 is 69.6 Å². The molecule has 2 aromatic carbocycles. The minimum Gasteiger partial charge on any atom is -0.248 e. The van der Waals surface area contributed by atoms with Crippen molar-refractivity contribution in [2.45, 2.75) is 6.42 Å². The van der Waals surface area contributed by atoms with Crippen LogP contribution in [0.4, 0.5) is 0 Å². The van der Waals surface area contributed by atoms with Crippen LogP contribution in [0, 0.1) is 11.3 Å². The Morgan fingerprint density at radius 1 is 0.667 bits per heavy atom. The molecule has 0 bridgehead atoms. The highest BCUT2D eigenvalue weighted by molar-refractivity contribution is 6.42. The minimum absolute atomic E-state index is 0.161. The standard InChI is InChI=1S/C19H8Cl6N2/c20-10-5-12(22)18(13(23)6-10)16-3-9(1-2-26)4-17(27-16)19-14(24)7-11(21)8-15(19)25/h3-8H,1H2. The van der Waals surface area contributed by atoms with Gasteiger partial charge in [-0.25, -0.2) is 4.98 Å². The number of hydrogen-bond donors (Lipinski definition) is 0. The molecule has 1 aromatic heterocycles. The molecule has 0 saturated heterocycles. The Labute approximate surface area is 186 Å². The lowest BCUT2D eigenvalue weighted by Gasteiger charge is -2.13. The number of benzene rings is 2. The maximum absolute atomic E-state index is 9.12. The average molecular weight is 477 g/mol. The van der Waals surface area contributed by atoms with Gasteiger partial charge in [-0.05, 0) is 42.0 Å². The number of pyridine rings is 1. The summed E-state index contributed by atoms with van der Waals surface area (Å²) in [6.07, 6.45) is 0.161. The Balaban J connectivity index is 2.29. The van der Waals surface area contributed by atoms with Gasteiger partial charge in [0.25, 0.3) is 0 Å². The molecule has 0 N–H and O–H groups in total. The van der Waals surface area contributed by atoms with Crippen LogP contribution in [0.2, 0.25) is 30.1 Å². The average Bonchev–Trinajstić information content (AvgIpc) is 2.53. The lowest BCUT2D eigenvalue weighted by molar-refractivity contribution is 1.22. The second-order valence-corrected chi connectivity index (χ2v) is 8.07. The van der Waals surface area contributed by atoms with Crippen molar-refractivity contribution in [2.24, 2.45) is 0 Å². The smallest absolute Gasteiger partial charge is 0.0742 e. The molecule has 0 aliphatic heterocycles. The normalized spacial score (nSPS) is 10.7. The van der Waals surface area contributed by atoms with Gasteiger partial charge in [0.05, 0.1) is 44.0 Å². The Morgan fingerprint density at radius 2 is 1.04 bits per heavy atom. The van der Waals surface area contributed by atoms with E-state index >= 15 is 0 Å². The summed E-state index contributed by atoms with van der Waals surface area (Å²) in [5, 5.41) is 11.3. The van der Waals surface area contributed by atoms with Crippen molar-refractivity contribution in [1.82, 2.24) is 4.98 Å². The molecule has 3 aromatic rings. The van der Waals surface area contributed by atoms with E-state index in [4.69, 9.17) is 74.9 Å². The van der Waals surface area contributed by atoms with Gasteiger partial charge < -0.3 is 0 Å². The van der Waals surface area contributed by atoms with Gasteiger partial charge in [0.15, 0.2) is 0 Å². The first-order valence-electron chi connectivity index (χ1n) is 7.48. The van der Waals surface area contributed by atoms with Crippen molar-refractivity contribution in [3.63, 3.8) is 0 Å². The fraction of sp³-hybridized carbons (Fsp3) is 0.0526. The molecule has 0 saturated carbocycles. The van der Waals surface area contributed by atoms with E-state index in [2.05, 4.69) is 11.1 Å². The van der Waals surface area contributed by atoms with Crippen LogP contribution in [-0.4, -0.2) is 4.98 Å². The van der Waals surface area contributed by atoms with Crippen LogP contribution in [0.15, 0.2) is 36.4 Å². The van der Waals surface area contributed by atoms with Crippen LogP contribution in [0.3, 0.4) is 0 Å². The van der Waals surface area contributed by atoms with Crippen LogP contribution in [0.5, 0.6) is 0 Å². The molecular weight excluding hydrogens is 469 g/mol. The summed E-state index contributed by atoms with van der Waals surface area (Å²) in [6.45, 7) is 0. The first-order valence-corrected chi connectivity index (χ1v) is 9.74. The molecule has 1 heterocycles. The quantitative estimate of drug-likeness (QED) is 0.380. The van der Waals surface area contributed by atoms with E-state index in [1.807, 2.05) is 0 Å². The lowest BCUT2D eigenvalue weighted by atomic mass is 10.0. The van der Waals surface area contributed by atoms with Gasteiger partial charge in [0.1, 0.15) is 0 Å². The van der Waals surface area contributed by atoms with Crippen molar-refractivity contribution in [2.75, 3.05) is 0 Å². The largest absolute Gasteiger partial charge is 0.248 e. The summed E-state index contributed by atoms with van der Waals surface area (Å²) >= 11 is 37.3. The number of hydrogen-bond acceptors (Lipinski definition) is 2. The molecule has 136 valence electrons. The fourth-order valence-electron chi connectivity index (χ4n) is 2.61. The number of halogens is 6. The van der Waals surface area contributed by atoms with E-state index in [0.29, 0.717) is 58.2 Å². The number of nitrogens with zero attached hydrogens (tertiary/aromatic N) is 2. The maximum Gasteiger partial charge on any atom is 0.0742 e. The van der Waals surface area contributed by atoms with E-state index in [1.54, 1.807) is 36.4 Å². The number of nitriles is 1. The number of rotatable bonds is 3. The zero-order chi connectivity index (χ0) is 19.7. The molecule has 0 unspecified atom stereocenters. The highest BCUT2D eigenvalue weighted by Crippen LogP contribution is 2.40. The molecule has 27 heavy (non-hydrogen) atoms. The van der Waals surface area contributed by atoms with Gasteiger partial charge in [-0.15, -0.1) is 0 Å². The van der Waals surface area contributed by atoms with Crippen LogP contribution in [0.25, 0.3) is 22.5 Å². The summed E-state index contributed by atoms with van der Waals surface area (Å²) in [5.41, 5.74) is 2.68. The molecule has 0 atom stereocenters. The Kier molecular flexibility index (Phi) is 6.43. The molecule has 0 aliphatic rings. The Hall–Kier alpha value is -1.18. The van der Waals surface area contributed by atoms with Gasteiger partial charge in [-0.3, -0.25) is 0 Å².